The van der Waals surface area contributed by atoms with Crippen molar-refractivity contribution in [1.82, 2.24) is 14.8 Å². The van der Waals surface area contributed by atoms with E-state index in [2.05, 4.69) is 10.2 Å². The van der Waals surface area contributed by atoms with Crippen molar-refractivity contribution in [3.05, 3.63) is 12.2 Å². The number of ether oxygens (including phenoxy) is 1. The van der Waals surface area contributed by atoms with Crippen LogP contribution < -0.4 is 0 Å². The van der Waals surface area contributed by atoms with Gasteiger partial charge < -0.3 is 14.4 Å². The van der Waals surface area contributed by atoms with Crippen LogP contribution in [0.15, 0.2) is 6.33 Å². The predicted molar refractivity (Wildman–Crippen MR) is 49.6 cm³/mol. The molecular formula is C9H15N3O2. The molecule has 5 nitrogen and oxygen atoms in total. The predicted octanol–water partition coefficient (Wildman–Crippen LogP) is 0.510. The van der Waals surface area contributed by atoms with Gasteiger partial charge in [-0.25, -0.2) is 0 Å². The molecule has 1 heterocycles. The highest BCUT2D eigenvalue weighted by Crippen LogP contribution is 2.34. The number of rotatable bonds is 4. The van der Waals surface area contributed by atoms with Crippen LogP contribution in [0.1, 0.15) is 31.6 Å². The smallest absolute Gasteiger partial charge is 0.158 e. The van der Waals surface area contributed by atoms with Crippen molar-refractivity contribution in [3.63, 3.8) is 0 Å². The Labute approximate surface area is 82.7 Å². The van der Waals surface area contributed by atoms with Crippen LogP contribution in [0.3, 0.4) is 0 Å². The van der Waals surface area contributed by atoms with Crippen LogP contribution in [-0.4, -0.2) is 32.6 Å². The van der Waals surface area contributed by atoms with Gasteiger partial charge in [0.15, 0.2) is 5.82 Å². The fourth-order valence-corrected chi connectivity index (χ4v) is 1.82. The monoisotopic (exact) mass is 197 g/mol. The first-order valence-electron chi connectivity index (χ1n) is 4.96. The second-order valence-electron chi connectivity index (χ2n) is 3.52. The maximum Gasteiger partial charge on any atom is 0.158 e. The summed E-state index contributed by atoms with van der Waals surface area (Å²) in [6.07, 6.45) is 4.05. The van der Waals surface area contributed by atoms with Gasteiger partial charge in [-0.1, -0.05) is 0 Å². The van der Waals surface area contributed by atoms with Crippen LogP contribution in [-0.2, 0) is 11.3 Å². The SMILES string of the molecule is CCOC1CC(n2cnnc2CO)C1. The average Bonchev–Trinajstić information content (AvgIpc) is 2.58. The maximum atomic E-state index is 8.99. The third-order valence-corrected chi connectivity index (χ3v) is 2.65. The minimum absolute atomic E-state index is 0.0458. The van der Waals surface area contributed by atoms with Gasteiger partial charge in [0.25, 0.3) is 0 Å². The largest absolute Gasteiger partial charge is 0.388 e. The molecule has 0 radical (unpaired) electrons. The lowest BCUT2D eigenvalue weighted by molar-refractivity contribution is -0.0210. The molecule has 14 heavy (non-hydrogen) atoms. The first-order chi connectivity index (χ1) is 6.85. The van der Waals surface area contributed by atoms with Gasteiger partial charge in [0.05, 0.1) is 6.10 Å². The number of hydrogen-bond acceptors (Lipinski definition) is 4. The lowest BCUT2D eigenvalue weighted by atomic mass is 9.89. The van der Waals surface area contributed by atoms with Crippen molar-refractivity contribution in [2.45, 2.75) is 38.5 Å². The van der Waals surface area contributed by atoms with E-state index < -0.39 is 0 Å². The molecule has 0 atom stereocenters. The van der Waals surface area contributed by atoms with E-state index in [9.17, 15) is 0 Å². The molecule has 1 saturated carbocycles. The zero-order valence-corrected chi connectivity index (χ0v) is 8.26. The molecule has 0 unspecified atom stereocenters. The van der Waals surface area contributed by atoms with E-state index in [-0.39, 0.29) is 6.61 Å². The van der Waals surface area contributed by atoms with Gasteiger partial charge in [0.1, 0.15) is 12.9 Å². The van der Waals surface area contributed by atoms with E-state index in [4.69, 9.17) is 9.84 Å². The van der Waals surface area contributed by atoms with Crippen LogP contribution in [0.2, 0.25) is 0 Å². The second kappa shape index (κ2) is 4.06. The summed E-state index contributed by atoms with van der Waals surface area (Å²) in [6, 6.07) is 0.406. The molecule has 0 amide bonds. The highest BCUT2D eigenvalue weighted by molar-refractivity contribution is 4.94. The summed E-state index contributed by atoms with van der Waals surface area (Å²) in [5, 5.41) is 16.6. The highest BCUT2D eigenvalue weighted by atomic mass is 16.5. The molecule has 78 valence electrons. The van der Waals surface area contributed by atoms with Gasteiger partial charge >= 0.3 is 0 Å². The Morgan fingerprint density at radius 1 is 1.64 bits per heavy atom. The lowest BCUT2D eigenvalue weighted by Crippen LogP contribution is -2.33. The number of hydrogen-bond donors (Lipinski definition) is 1. The Hall–Kier alpha value is -0.940. The van der Waals surface area contributed by atoms with Crippen LogP contribution in [0.25, 0.3) is 0 Å². The zero-order valence-electron chi connectivity index (χ0n) is 8.26. The molecule has 1 aliphatic carbocycles. The van der Waals surface area contributed by atoms with E-state index in [1.165, 1.54) is 0 Å². The van der Waals surface area contributed by atoms with E-state index in [1.54, 1.807) is 6.33 Å². The Bertz CT molecular complexity index is 294. The first-order valence-corrected chi connectivity index (χ1v) is 4.96. The van der Waals surface area contributed by atoms with Gasteiger partial charge in [0.2, 0.25) is 0 Å². The third-order valence-electron chi connectivity index (χ3n) is 2.65. The fraction of sp³-hybridized carbons (Fsp3) is 0.778. The summed E-state index contributed by atoms with van der Waals surface area (Å²) >= 11 is 0. The standard InChI is InChI=1S/C9H15N3O2/c1-2-14-8-3-7(4-8)12-6-10-11-9(12)5-13/h6-8,13H,2-5H2,1H3. The topological polar surface area (TPSA) is 60.2 Å². The number of aliphatic hydroxyl groups excluding tert-OH is 1. The molecule has 0 aliphatic heterocycles. The van der Waals surface area contributed by atoms with Gasteiger partial charge in [-0.3, -0.25) is 0 Å². The molecule has 2 rings (SSSR count). The Balaban J connectivity index is 1.92. The van der Waals surface area contributed by atoms with Crippen LogP contribution in [0.4, 0.5) is 0 Å². The summed E-state index contributed by atoms with van der Waals surface area (Å²) < 4.78 is 7.40. The van der Waals surface area contributed by atoms with Crippen molar-refractivity contribution in [2.24, 2.45) is 0 Å². The fourth-order valence-electron chi connectivity index (χ4n) is 1.82. The summed E-state index contributed by atoms with van der Waals surface area (Å²) in [5.41, 5.74) is 0. The van der Waals surface area contributed by atoms with Gasteiger partial charge in [-0.15, -0.1) is 10.2 Å². The normalized spacial score (nSPS) is 26.1. The van der Waals surface area contributed by atoms with Crippen molar-refractivity contribution in [2.75, 3.05) is 6.61 Å². The zero-order chi connectivity index (χ0) is 9.97. The van der Waals surface area contributed by atoms with Crippen molar-refractivity contribution in [1.29, 1.82) is 0 Å². The Morgan fingerprint density at radius 2 is 2.43 bits per heavy atom. The number of aromatic nitrogens is 3. The molecular weight excluding hydrogens is 182 g/mol. The minimum Gasteiger partial charge on any atom is -0.388 e. The molecule has 0 spiro atoms. The molecule has 0 aromatic carbocycles. The first kappa shape index (κ1) is 9.61. The third kappa shape index (κ3) is 1.65. The lowest BCUT2D eigenvalue weighted by Gasteiger charge is -2.35. The van der Waals surface area contributed by atoms with Crippen LogP contribution in [0, 0.1) is 0 Å². The minimum atomic E-state index is -0.0458. The molecule has 0 saturated heterocycles. The highest BCUT2D eigenvalue weighted by Gasteiger charge is 2.32. The van der Waals surface area contributed by atoms with Crippen molar-refractivity contribution >= 4 is 0 Å². The van der Waals surface area contributed by atoms with E-state index in [1.807, 2.05) is 11.5 Å². The van der Waals surface area contributed by atoms with Gasteiger partial charge in [0, 0.05) is 12.6 Å². The van der Waals surface area contributed by atoms with Crippen LogP contribution in [0.5, 0.6) is 0 Å². The second-order valence-corrected chi connectivity index (χ2v) is 3.52. The van der Waals surface area contributed by atoms with Crippen molar-refractivity contribution < 1.29 is 9.84 Å². The molecule has 0 bridgehead atoms. The summed E-state index contributed by atoms with van der Waals surface area (Å²) in [5.74, 6) is 0.643. The van der Waals surface area contributed by atoms with Gasteiger partial charge in [-0.2, -0.15) is 0 Å². The molecule has 1 aliphatic rings. The molecule has 1 N–H and O–H groups in total. The summed E-state index contributed by atoms with van der Waals surface area (Å²) in [6.45, 7) is 2.73. The molecule has 1 aromatic heterocycles. The van der Waals surface area contributed by atoms with E-state index in [0.29, 0.717) is 18.0 Å². The van der Waals surface area contributed by atoms with Crippen molar-refractivity contribution in [3.8, 4) is 0 Å². The Morgan fingerprint density at radius 3 is 3.07 bits per heavy atom. The van der Waals surface area contributed by atoms with Gasteiger partial charge in [-0.05, 0) is 19.8 Å². The number of nitrogens with zero attached hydrogens (tertiary/aromatic N) is 3. The van der Waals surface area contributed by atoms with Crippen LogP contribution >= 0.6 is 0 Å². The molecule has 5 heteroatoms. The van der Waals surface area contributed by atoms with E-state index >= 15 is 0 Å². The number of aliphatic hydroxyl groups is 1. The molecule has 1 aromatic rings. The van der Waals surface area contributed by atoms with E-state index in [0.717, 1.165) is 19.4 Å². The molecule has 1 fully saturated rings. The average molecular weight is 197 g/mol. The quantitative estimate of drug-likeness (QED) is 0.764. The summed E-state index contributed by atoms with van der Waals surface area (Å²) in [4.78, 5) is 0. The maximum absolute atomic E-state index is 8.99. The Kier molecular flexibility index (Phi) is 2.79. The summed E-state index contributed by atoms with van der Waals surface area (Å²) in [7, 11) is 0.